The topological polar surface area (TPSA) is 119 Å². The largest absolute Gasteiger partial charge is 0.508 e. The van der Waals surface area contributed by atoms with Crippen LogP contribution in [0.5, 0.6) is 5.75 Å². The van der Waals surface area contributed by atoms with Gasteiger partial charge in [-0.2, -0.15) is 0 Å². The predicted molar refractivity (Wildman–Crippen MR) is 176 cm³/mol. The van der Waals surface area contributed by atoms with Crippen LogP contribution in [0.15, 0.2) is 89.5 Å². The number of imide groups is 1. The van der Waals surface area contributed by atoms with E-state index in [9.17, 15) is 24.8 Å². The number of nitrogens with one attached hydrogen (secondary N) is 1. The van der Waals surface area contributed by atoms with E-state index < -0.39 is 31.0 Å². The minimum absolute atomic E-state index is 0.0977. The van der Waals surface area contributed by atoms with Crippen LogP contribution < -0.4 is 10.2 Å². The second-order valence-electron chi connectivity index (χ2n) is 11.9. The number of para-hydroxylation sites is 1. The van der Waals surface area contributed by atoms with Crippen molar-refractivity contribution in [1.82, 2.24) is 0 Å². The van der Waals surface area contributed by atoms with E-state index in [-0.39, 0.29) is 36.9 Å². The molecule has 0 bridgehead atoms. The summed E-state index contributed by atoms with van der Waals surface area (Å²) in [6, 6.07) is 21.8. The summed E-state index contributed by atoms with van der Waals surface area (Å²) in [5, 5.41) is 34.7. The van der Waals surface area contributed by atoms with Crippen molar-refractivity contribution in [1.29, 1.82) is 0 Å². The fraction of sp³-hybridized carbons (Fsp3) is 0.314. The summed E-state index contributed by atoms with van der Waals surface area (Å²) in [6.45, 7) is 1.80. The number of carbonyl (C=O) groups excluding carboxylic acids is 2. The molecule has 3 aromatic rings. The molecule has 2 aliphatic heterocycles. The smallest absolute Gasteiger partial charge is 0.455 e. The van der Waals surface area contributed by atoms with E-state index in [0.717, 1.165) is 34.5 Å². The van der Waals surface area contributed by atoms with E-state index in [1.54, 1.807) is 24.3 Å². The molecular weight excluding hydrogens is 591 g/mol. The number of amides is 2. The van der Waals surface area contributed by atoms with Crippen LogP contribution in [-0.2, 0) is 14.2 Å². The van der Waals surface area contributed by atoms with Gasteiger partial charge in [0.2, 0.25) is 11.8 Å². The van der Waals surface area contributed by atoms with Crippen molar-refractivity contribution in [3.05, 3.63) is 100 Å². The summed E-state index contributed by atoms with van der Waals surface area (Å²) in [5.41, 5.74) is 5.71. The summed E-state index contributed by atoms with van der Waals surface area (Å²) in [7, 11) is -1.09. The van der Waals surface area contributed by atoms with Gasteiger partial charge < -0.3 is 25.2 Å². The van der Waals surface area contributed by atoms with Crippen LogP contribution in [0, 0.1) is 17.8 Å². The second kappa shape index (κ2) is 13.2. The van der Waals surface area contributed by atoms with Crippen LogP contribution in [0.4, 0.5) is 17.1 Å². The number of aromatic hydroxyl groups is 1. The zero-order valence-corrected chi connectivity index (χ0v) is 25.8. The first-order valence-corrected chi connectivity index (χ1v) is 15.8. The number of allylic oxidation sites excluding steroid dienone is 1. The molecule has 10 heteroatoms. The minimum Gasteiger partial charge on any atom is -0.508 e. The molecule has 0 unspecified atom stereocenters. The van der Waals surface area contributed by atoms with Crippen molar-refractivity contribution < 1.29 is 29.5 Å². The summed E-state index contributed by atoms with van der Waals surface area (Å²) in [5.74, 6) is -2.12. The van der Waals surface area contributed by atoms with Crippen LogP contribution in [0.2, 0.25) is 11.3 Å². The van der Waals surface area contributed by atoms with E-state index in [1.165, 1.54) is 11.0 Å². The monoisotopic (exact) mass is 626 g/mol. The van der Waals surface area contributed by atoms with E-state index in [0.29, 0.717) is 29.1 Å². The average Bonchev–Trinajstić information content (AvgIpc) is 3.29. The lowest BCUT2D eigenvalue weighted by molar-refractivity contribution is -0.122. The second-order valence-corrected chi connectivity index (χ2v) is 12.3. The van der Waals surface area contributed by atoms with Crippen molar-refractivity contribution in [3.63, 3.8) is 0 Å². The zero-order chi connectivity index (χ0) is 31.7. The van der Waals surface area contributed by atoms with Gasteiger partial charge >= 0.3 is 7.12 Å². The van der Waals surface area contributed by atoms with Gasteiger partial charge in [-0.25, -0.2) is 0 Å². The van der Waals surface area contributed by atoms with Crippen LogP contribution in [0.3, 0.4) is 0 Å². The molecular formula is C35H36BClN2O6. The Morgan fingerprint density at radius 1 is 1.04 bits per heavy atom. The molecule has 2 fully saturated rings. The predicted octanol–water partition coefficient (Wildman–Crippen LogP) is 6.36. The molecule has 0 aromatic heterocycles. The number of halogens is 1. The molecule has 1 aliphatic carbocycles. The number of benzene rings is 3. The van der Waals surface area contributed by atoms with Gasteiger partial charge in [-0.1, -0.05) is 48.4 Å². The molecule has 2 heterocycles. The Morgan fingerprint density at radius 2 is 1.78 bits per heavy atom. The number of aliphatic hydroxyl groups is 1. The Morgan fingerprint density at radius 3 is 2.47 bits per heavy atom. The summed E-state index contributed by atoms with van der Waals surface area (Å²) >= 11 is 6.34. The molecule has 2 amide bonds. The maximum absolute atomic E-state index is 14.0. The van der Waals surface area contributed by atoms with Crippen LogP contribution in [0.25, 0.3) is 6.08 Å². The highest BCUT2D eigenvalue weighted by Gasteiger charge is 2.57. The van der Waals surface area contributed by atoms with E-state index >= 15 is 0 Å². The number of rotatable bonds is 9. The van der Waals surface area contributed by atoms with Gasteiger partial charge in [-0.05, 0) is 109 Å². The Kier molecular flexibility index (Phi) is 9.15. The fourth-order valence-electron chi connectivity index (χ4n) is 7.07. The molecule has 4 N–H and O–H groups in total. The molecule has 45 heavy (non-hydrogen) atoms. The standard InChI is InChI=1S/C35H36BClN2O6/c1-2-21(16-22-9-14-27(41)18-30(22)37)8-15-31-32-23(20-40)17-28-33(29(32)19-36(44)45-31)35(43)39(34(28)42)26-12-10-25(11-13-26)38-24-6-4-3-5-7-24/h3-7,9-14,16,18,28-29,31,33,38,40-41,44H,2,8,15,17,19-20H2,1H3/b21-16+/t28-,29+,31-,33-/m1/s1. The lowest BCUT2D eigenvalue weighted by Gasteiger charge is -2.43. The highest BCUT2D eigenvalue weighted by atomic mass is 35.5. The lowest BCUT2D eigenvalue weighted by atomic mass is 9.58. The SMILES string of the molecule is CC/C(=C\c1ccc(O)cc1Cl)CC[C@H]1OB(O)C[C@H]2C1=C(CO)C[C@H]1C(=O)N(c3ccc(Nc4ccccc4)cc3)C(=O)[C@H]12. The highest BCUT2D eigenvalue weighted by molar-refractivity contribution is 6.43. The third kappa shape index (κ3) is 6.31. The normalized spacial score (nSPS) is 23.3. The Hall–Kier alpha value is -3.89. The van der Waals surface area contributed by atoms with Crippen molar-refractivity contribution >= 4 is 53.7 Å². The first kappa shape index (κ1) is 31.1. The molecule has 232 valence electrons. The van der Waals surface area contributed by atoms with Gasteiger partial charge in [0.1, 0.15) is 5.75 Å². The first-order chi connectivity index (χ1) is 21.8. The maximum atomic E-state index is 14.0. The summed E-state index contributed by atoms with van der Waals surface area (Å²) < 4.78 is 6.04. The van der Waals surface area contributed by atoms with E-state index in [1.807, 2.05) is 55.5 Å². The number of aliphatic hydroxyl groups excluding tert-OH is 1. The first-order valence-electron chi connectivity index (χ1n) is 15.4. The van der Waals surface area contributed by atoms with Crippen LogP contribution in [0.1, 0.15) is 38.2 Å². The molecule has 4 atom stereocenters. The molecule has 0 saturated carbocycles. The van der Waals surface area contributed by atoms with Crippen LogP contribution >= 0.6 is 11.6 Å². The molecule has 6 rings (SSSR count). The fourth-order valence-corrected chi connectivity index (χ4v) is 7.30. The van der Waals surface area contributed by atoms with Crippen LogP contribution in [-0.4, -0.2) is 46.9 Å². The lowest BCUT2D eigenvalue weighted by Crippen LogP contribution is -2.46. The van der Waals surface area contributed by atoms with Crippen molar-refractivity contribution in [2.24, 2.45) is 17.8 Å². The van der Waals surface area contributed by atoms with E-state index in [2.05, 4.69) is 5.32 Å². The quantitative estimate of drug-likeness (QED) is 0.124. The number of anilines is 3. The van der Waals surface area contributed by atoms with Crippen molar-refractivity contribution in [2.75, 3.05) is 16.8 Å². The number of nitrogens with zero attached hydrogens (tertiary/aromatic N) is 1. The molecule has 2 saturated heterocycles. The van der Waals surface area contributed by atoms with Gasteiger partial charge in [0, 0.05) is 11.4 Å². The van der Waals surface area contributed by atoms with Crippen molar-refractivity contribution in [2.45, 2.75) is 45.0 Å². The molecule has 0 radical (unpaired) electrons. The van der Waals surface area contributed by atoms with Gasteiger partial charge in [0.25, 0.3) is 0 Å². The highest BCUT2D eigenvalue weighted by Crippen LogP contribution is 2.51. The van der Waals surface area contributed by atoms with Crippen molar-refractivity contribution in [3.8, 4) is 5.75 Å². The Bertz CT molecular complexity index is 1640. The van der Waals surface area contributed by atoms with Gasteiger partial charge in [-0.3, -0.25) is 14.5 Å². The Labute approximate surface area is 268 Å². The Balaban J connectivity index is 1.22. The van der Waals surface area contributed by atoms with Gasteiger partial charge in [0.15, 0.2) is 0 Å². The van der Waals surface area contributed by atoms with Gasteiger partial charge in [0.05, 0.1) is 35.3 Å². The molecule has 8 nitrogen and oxygen atoms in total. The molecule has 0 spiro atoms. The summed E-state index contributed by atoms with van der Waals surface area (Å²) in [6.07, 6.45) is 3.87. The van der Waals surface area contributed by atoms with Gasteiger partial charge in [-0.15, -0.1) is 0 Å². The maximum Gasteiger partial charge on any atom is 0.455 e. The third-order valence-corrected chi connectivity index (χ3v) is 9.54. The number of carbonyl (C=O) groups is 2. The zero-order valence-electron chi connectivity index (χ0n) is 25.0. The number of phenolic OH excluding ortho intramolecular Hbond substituents is 1. The number of fused-ring (bicyclic) bond motifs is 3. The minimum atomic E-state index is -1.09. The number of phenols is 1. The third-order valence-electron chi connectivity index (χ3n) is 9.21. The average molecular weight is 627 g/mol. The molecule has 3 aliphatic rings. The number of hydrogen-bond donors (Lipinski definition) is 4. The molecule has 3 aromatic carbocycles. The summed E-state index contributed by atoms with van der Waals surface area (Å²) in [4.78, 5) is 29.0. The van der Waals surface area contributed by atoms with E-state index in [4.69, 9.17) is 16.3 Å². The number of hydrogen-bond acceptors (Lipinski definition) is 7.